The van der Waals surface area contributed by atoms with E-state index in [-0.39, 0.29) is 6.42 Å². The molecule has 0 aromatic carbocycles. The molecule has 4 nitrogen and oxygen atoms in total. The Morgan fingerprint density at radius 1 is 0.900 bits per heavy atom. The first-order valence-electron chi connectivity index (χ1n) is 6.68. The van der Waals surface area contributed by atoms with Crippen LogP contribution in [0.15, 0.2) is 50.6 Å². The average Bonchev–Trinajstić information content (AvgIpc) is 2.48. The molecule has 0 saturated heterocycles. The molecule has 0 amide bonds. The summed E-state index contributed by atoms with van der Waals surface area (Å²) < 4.78 is 5.55. The fourth-order valence-electron chi connectivity index (χ4n) is 1.62. The Labute approximate surface area is 121 Å². The highest BCUT2D eigenvalue weighted by atomic mass is 16.6. The highest BCUT2D eigenvalue weighted by Crippen LogP contribution is 2.22. The van der Waals surface area contributed by atoms with Crippen LogP contribution < -0.4 is 0 Å². The zero-order valence-electron chi connectivity index (χ0n) is 11.9. The normalized spacial score (nSPS) is 18.4. The Balaban J connectivity index is 4.47. The van der Waals surface area contributed by atoms with E-state index in [0.29, 0.717) is 19.3 Å². The van der Waals surface area contributed by atoms with Crippen molar-refractivity contribution in [3.8, 4) is 0 Å². The standard InChI is InChI=1S/C16H26O4/c1-5-13(17)9-10-15(7-3)20-16(19,8-4)12-11-14(18)6-2/h5-8,13-15,17-19H,1-4,9-12H2. The number of aliphatic hydroxyl groups excluding tert-OH is 2. The van der Waals surface area contributed by atoms with Gasteiger partial charge in [-0.25, -0.2) is 0 Å². The van der Waals surface area contributed by atoms with Crippen molar-refractivity contribution < 1.29 is 20.1 Å². The van der Waals surface area contributed by atoms with Gasteiger partial charge in [-0.3, -0.25) is 0 Å². The van der Waals surface area contributed by atoms with Crippen molar-refractivity contribution in [1.82, 2.24) is 0 Å². The van der Waals surface area contributed by atoms with Crippen LogP contribution in [-0.2, 0) is 4.74 Å². The minimum Gasteiger partial charge on any atom is -0.389 e. The fourth-order valence-corrected chi connectivity index (χ4v) is 1.62. The third-order valence-electron chi connectivity index (χ3n) is 3.03. The number of aliphatic hydroxyl groups is 3. The maximum Gasteiger partial charge on any atom is 0.185 e. The van der Waals surface area contributed by atoms with Crippen molar-refractivity contribution in [2.45, 2.75) is 49.8 Å². The van der Waals surface area contributed by atoms with Gasteiger partial charge in [0, 0.05) is 6.42 Å². The van der Waals surface area contributed by atoms with Gasteiger partial charge < -0.3 is 20.1 Å². The van der Waals surface area contributed by atoms with Gasteiger partial charge in [-0.2, -0.15) is 0 Å². The summed E-state index contributed by atoms with van der Waals surface area (Å²) in [4.78, 5) is 0. The summed E-state index contributed by atoms with van der Waals surface area (Å²) in [5, 5.41) is 29.1. The minimum atomic E-state index is -1.54. The summed E-state index contributed by atoms with van der Waals surface area (Å²) in [6, 6.07) is 0. The molecule has 0 aliphatic rings. The molecular weight excluding hydrogens is 256 g/mol. The third kappa shape index (κ3) is 7.40. The van der Waals surface area contributed by atoms with Gasteiger partial charge >= 0.3 is 0 Å². The second kappa shape index (κ2) is 9.66. The molecule has 3 N–H and O–H groups in total. The van der Waals surface area contributed by atoms with Crippen LogP contribution in [0.4, 0.5) is 0 Å². The molecule has 0 aliphatic heterocycles. The Kier molecular flexibility index (Phi) is 9.08. The van der Waals surface area contributed by atoms with Crippen LogP contribution in [0, 0.1) is 0 Å². The highest BCUT2D eigenvalue weighted by molar-refractivity contribution is 4.94. The Hall–Kier alpha value is -1.20. The molecule has 4 unspecified atom stereocenters. The molecule has 0 saturated carbocycles. The maximum absolute atomic E-state index is 10.3. The Morgan fingerprint density at radius 3 is 1.90 bits per heavy atom. The summed E-state index contributed by atoms with van der Waals surface area (Å²) in [7, 11) is 0. The summed E-state index contributed by atoms with van der Waals surface area (Å²) in [6.07, 6.45) is 5.43. The van der Waals surface area contributed by atoms with Gasteiger partial charge in [0.15, 0.2) is 5.79 Å². The van der Waals surface area contributed by atoms with Gasteiger partial charge in [-0.15, -0.1) is 19.7 Å². The van der Waals surface area contributed by atoms with Gasteiger partial charge in [0.05, 0.1) is 18.3 Å². The lowest BCUT2D eigenvalue weighted by atomic mass is 10.1. The molecule has 4 heteroatoms. The van der Waals surface area contributed by atoms with Crippen molar-refractivity contribution in [2.75, 3.05) is 0 Å². The maximum atomic E-state index is 10.3. The summed E-state index contributed by atoms with van der Waals surface area (Å²) in [5.41, 5.74) is 0. The number of ether oxygens (including phenoxy) is 1. The lowest BCUT2D eigenvalue weighted by Gasteiger charge is -2.29. The van der Waals surface area contributed by atoms with Crippen molar-refractivity contribution in [3.63, 3.8) is 0 Å². The Bertz CT molecular complexity index is 326. The molecule has 0 aromatic rings. The predicted molar refractivity (Wildman–Crippen MR) is 81.1 cm³/mol. The molecule has 0 aliphatic carbocycles. The molecule has 20 heavy (non-hydrogen) atoms. The van der Waals surface area contributed by atoms with Gasteiger partial charge in [-0.1, -0.05) is 24.8 Å². The van der Waals surface area contributed by atoms with Crippen LogP contribution in [0.3, 0.4) is 0 Å². The third-order valence-corrected chi connectivity index (χ3v) is 3.03. The quantitative estimate of drug-likeness (QED) is 0.379. The van der Waals surface area contributed by atoms with E-state index >= 15 is 0 Å². The summed E-state index contributed by atoms with van der Waals surface area (Å²) in [5.74, 6) is -1.54. The first-order valence-corrected chi connectivity index (χ1v) is 6.68. The number of hydrogen-bond donors (Lipinski definition) is 3. The SMILES string of the molecule is C=CC(O)CCC(C=C)OC(O)(C=C)CCC(O)C=C. The average molecular weight is 282 g/mol. The van der Waals surface area contributed by atoms with Crippen molar-refractivity contribution in [2.24, 2.45) is 0 Å². The largest absolute Gasteiger partial charge is 0.389 e. The van der Waals surface area contributed by atoms with E-state index in [4.69, 9.17) is 4.74 Å². The van der Waals surface area contributed by atoms with Crippen LogP contribution in [0.5, 0.6) is 0 Å². The molecule has 0 rings (SSSR count). The highest BCUT2D eigenvalue weighted by Gasteiger charge is 2.27. The number of hydrogen-bond acceptors (Lipinski definition) is 4. The van der Waals surface area contributed by atoms with E-state index in [2.05, 4.69) is 26.3 Å². The van der Waals surface area contributed by atoms with Crippen LogP contribution in [0.2, 0.25) is 0 Å². The van der Waals surface area contributed by atoms with E-state index < -0.39 is 24.1 Å². The molecule has 0 radical (unpaired) electrons. The van der Waals surface area contributed by atoms with Gasteiger partial charge in [0.2, 0.25) is 0 Å². The van der Waals surface area contributed by atoms with Crippen LogP contribution in [0.25, 0.3) is 0 Å². The molecular formula is C16H26O4. The Morgan fingerprint density at radius 2 is 1.45 bits per heavy atom. The smallest absolute Gasteiger partial charge is 0.185 e. The van der Waals surface area contributed by atoms with E-state index in [0.717, 1.165) is 0 Å². The first-order chi connectivity index (χ1) is 9.40. The zero-order valence-corrected chi connectivity index (χ0v) is 11.9. The summed E-state index contributed by atoms with van der Waals surface area (Å²) >= 11 is 0. The molecule has 0 bridgehead atoms. The second-order valence-electron chi connectivity index (χ2n) is 4.66. The fraction of sp³-hybridized carbons (Fsp3) is 0.500. The van der Waals surface area contributed by atoms with Crippen molar-refractivity contribution in [3.05, 3.63) is 50.6 Å². The molecule has 114 valence electrons. The van der Waals surface area contributed by atoms with E-state index in [9.17, 15) is 15.3 Å². The summed E-state index contributed by atoms with van der Waals surface area (Å²) in [6.45, 7) is 14.2. The molecule has 4 atom stereocenters. The zero-order chi connectivity index (χ0) is 15.6. The monoisotopic (exact) mass is 282 g/mol. The van der Waals surface area contributed by atoms with E-state index in [1.54, 1.807) is 6.08 Å². The van der Waals surface area contributed by atoms with Crippen LogP contribution in [0.1, 0.15) is 25.7 Å². The lowest BCUT2D eigenvalue weighted by Crippen LogP contribution is -2.35. The second-order valence-corrected chi connectivity index (χ2v) is 4.66. The predicted octanol–water partition coefficient (Wildman–Crippen LogP) is 2.09. The van der Waals surface area contributed by atoms with E-state index in [1.807, 2.05) is 0 Å². The molecule has 0 spiro atoms. The van der Waals surface area contributed by atoms with Crippen LogP contribution in [-0.4, -0.2) is 39.4 Å². The van der Waals surface area contributed by atoms with Crippen LogP contribution >= 0.6 is 0 Å². The minimum absolute atomic E-state index is 0.192. The lowest BCUT2D eigenvalue weighted by molar-refractivity contribution is -0.193. The van der Waals surface area contributed by atoms with Gasteiger partial charge in [0.1, 0.15) is 0 Å². The first kappa shape index (κ1) is 18.8. The van der Waals surface area contributed by atoms with Gasteiger partial charge in [0.25, 0.3) is 0 Å². The molecule has 0 fully saturated rings. The van der Waals surface area contributed by atoms with Crippen molar-refractivity contribution in [1.29, 1.82) is 0 Å². The van der Waals surface area contributed by atoms with Crippen molar-refractivity contribution >= 4 is 0 Å². The number of rotatable bonds is 12. The molecule has 0 heterocycles. The van der Waals surface area contributed by atoms with E-state index in [1.165, 1.54) is 18.2 Å². The van der Waals surface area contributed by atoms with Gasteiger partial charge in [-0.05, 0) is 25.3 Å². The molecule has 0 aromatic heterocycles. The topological polar surface area (TPSA) is 69.9 Å².